The molecule has 0 radical (unpaired) electrons. The van der Waals surface area contributed by atoms with Crippen molar-refractivity contribution in [3.8, 4) is 0 Å². The second kappa shape index (κ2) is 8.10. The van der Waals surface area contributed by atoms with Crippen LogP contribution < -0.4 is 5.32 Å². The standard InChI is InChI=1S/C24H24N4O2S2/c1-13-5-7-16(8-6-13)27-21(29)14(2)31-23-20-19(25-12-26-23)17-9-15-11-30-24(3,4)10-18(15)28-22(17)32-20/h5-9,12,14H,10-11H2,1-4H3,(H,27,29)/t14-/m1/s1. The molecule has 0 aliphatic carbocycles. The molecule has 1 amide bonds. The van der Waals surface area contributed by atoms with Gasteiger partial charge in [-0.3, -0.25) is 4.79 Å². The maximum Gasteiger partial charge on any atom is 0.237 e. The number of carbonyl (C=O) groups excluding carboxylic acids is 1. The summed E-state index contributed by atoms with van der Waals surface area (Å²) < 4.78 is 6.94. The summed E-state index contributed by atoms with van der Waals surface area (Å²) in [6.07, 6.45) is 2.36. The van der Waals surface area contributed by atoms with E-state index in [4.69, 9.17) is 9.72 Å². The molecule has 4 heterocycles. The van der Waals surface area contributed by atoms with Gasteiger partial charge in [0.25, 0.3) is 0 Å². The highest BCUT2D eigenvalue weighted by Crippen LogP contribution is 2.39. The molecule has 0 saturated heterocycles. The average molecular weight is 465 g/mol. The van der Waals surface area contributed by atoms with Crippen LogP contribution in [0.2, 0.25) is 0 Å². The quantitative estimate of drug-likeness (QED) is 0.317. The lowest BCUT2D eigenvalue weighted by atomic mass is 9.95. The Bertz CT molecular complexity index is 1330. The first kappa shape index (κ1) is 21.3. The Morgan fingerprint density at radius 2 is 2.03 bits per heavy atom. The number of hydrogen-bond donors (Lipinski definition) is 1. The van der Waals surface area contributed by atoms with Crippen LogP contribution in [-0.4, -0.2) is 31.7 Å². The molecule has 1 N–H and O–H groups in total. The van der Waals surface area contributed by atoms with Crippen molar-refractivity contribution in [2.45, 2.75) is 56.6 Å². The molecule has 1 aromatic carbocycles. The summed E-state index contributed by atoms with van der Waals surface area (Å²) in [6, 6.07) is 9.95. The maximum atomic E-state index is 12.7. The lowest BCUT2D eigenvalue weighted by molar-refractivity contribution is -0.115. The van der Waals surface area contributed by atoms with Gasteiger partial charge in [-0.05, 0) is 45.9 Å². The Kier molecular flexibility index (Phi) is 5.39. The van der Waals surface area contributed by atoms with Crippen molar-refractivity contribution in [1.29, 1.82) is 0 Å². The fourth-order valence-corrected chi connectivity index (χ4v) is 5.85. The summed E-state index contributed by atoms with van der Waals surface area (Å²) >= 11 is 3.04. The number of aryl methyl sites for hydroxylation is 1. The van der Waals surface area contributed by atoms with Gasteiger partial charge in [-0.2, -0.15) is 0 Å². The maximum absolute atomic E-state index is 12.7. The highest BCUT2D eigenvalue weighted by Gasteiger charge is 2.28. The Labute approximate surface area is 194 Å². The summed E-state index contributed by atoms with van der Waals surface area (Å²) in [5.74, 6) is -0.0558. The lowest BCUT2D eigenvalue weighted by Crippen LogP contribution is -2.32. The lowest BCUT2D eigenvalue weighted by Gasteiger charge is -2.30. The van der Waals surface area contributed by atoms with Crippen LogP contribution in [0.5, 0.6) is 0 Å². The highest BCUT2D eigenvalue weighted by molar-refractivity contribution is 8.00. The van der Waals surface area contributed by atoms with Gasteiger partial charge in [0.2, 0.25) is 5.91 Å². The van der Waals surface area contributed by atoms with Gasteiger partial charge in [0.05, 0.1) is 33.4 Å². The molecule has 3 aromatic heterocycles. The van der Waals surface area contributed by atoms with E-state index in [2.05, 4.69) is 35.2 Å². The summed E-state index contributed by atoms with van der Waals surface area (Å²) in [5.41, 5.74) is 4.84. The molecule has 1 atom stereocenters. The number of nitrogens with zero attached hydrogens (tertiary/aromatic N) is 3. The van der Waals surface area contributed by atoms with Gasteiger partial charge in [0.1, 0.15) is 16.2 Å². The normalized spacial score (nSPS) is 16.1. The van der Waals surface area contributed by atoms with Crippen LogP contribution in [0.1, 0.15) is 37.6 Å². The van der Waals surface area contributed by atoms with Gasteiger partial charge in [0.15, 0.2) is 0 Å². The molecule has 0 fully saturated rings. The van der Waals surface area contributed by atoms with Crippen molar-refractivity contribution in [1.82, 2.24) is 15.0 Å². The van der Waals surface area contributed by atoms with Crippen molar-refractivity contribution >= 4 is 55.1 Å². The number of nitrogens with one attached hydrogen (secondary N) is 1. The number of hydrogen-bond acceptors (Lipinski definition) is 7. The Balaban J connectivity index is 1.44. The summed E-state index contributed by atoms with van der Waals surface area (Å²) in [4.78, 5) is 27.7. The minimum atomic E-state index is -0.310. The van der Waals surface area contributed by atoms with E-state index in [9.17, 15) is 4.79 Å². The third kappa shape index (κ3) is 4.10. The molecule has 5 rings (SSSR count). The Morgan fingerprint density at radius 3 is 2.81 bits per heavy atom. The van der Waals surface area contributed by atoms with E-state index in [1.54, 1.807) is 17.7 Å². The number of thioether (sulfide) groups is 1. The van der Waals surface area contributed by atoms with E-state index in [0.717, 1.165) is 54.4 Å². The SMILES string of the molecule is Cc1ccc(NC(=O)[C@@H](C)Sc2ncnc3c2sc2nc4c(cc23)COC(C)(C)C4)cc1. The topological polar surface area (TPSA) is 77.0 Å². The first-order valence-electron chi connectivity index (χ1n) is 10.5. The van der Waals surface area contributed by atoms with Gasteiger partial charge in [-0.25, -0.2) is 15.0 Å². The Hall–Kier alpha value is -2.55. The van der Waals surface area contributed by atoms with E-state index >= 15 is 0 Å². The van der Waals surface area contributed by atoms with E-state index in [1.165, 1.54) is 11.8 Å². The van der Waals surface area contributed by atoms with Crippen molar-refractivity contribution in [2.24, 2.45) is 0 Å². The molecule has 0 spiro atoms. The number of pyridine rings is 1. The number of ether oxygens (including phenoxy) is 1. The average Bonchev–Trinajstić information content (AvgIpc) is 3.11. The largest absolute Gasteiger partial charge is 0.370 e. The van der Waals surface area contributed by atoms with Gasteiger partial charge in [-0.1, -0.05) is 29.5 Å². The molecule has 6 nitrogen and oxygen atoms in total. The molecule has 0 bridgehead atoms. The van der Waals surface area contributed by atoms with Crippen LogP contribution in [-0.2, 0) is 22.6 Å². The minimum absolute atomic E-state index is 0.0558. The molecule has 164 valence electrons. The third-order valence-electron chi connectivity index (χ3n) is 5.57. The highest BCUT2D eigenvalue weighted by atomic mass is 32.2. The molecule has 4 aromatic rings. The molecule has 1 aliphatic heterocycles. The monoisotopic (exact) mass is 464 g/mol. The molecule has 0 saturated carbocycles. The number of amides is 1. The molecule has 8 heteroatoms. The zero-order valence-electron chi connectivity index (χ0n) is 18.4. The van der Waals surface area contributed by atoms with Gasteiger partial charge in [-0.15, -0.1) is 11.3 Å². The number of thiophene rings is 1. The molecular formula is C24H24N4O2S2. The van der Waals surface area contributed by atoms with Crippen molar-refractivity contribution in [3.05, 3.63) is 53.5 Å². The fraction of sp³-hybridized carbons (Fsp3) is 0.333. The number of anilines is 1. The Morgan fingerprint density at radius 1 is 1.25 bits per heavy atom. The second-order valence-corrected chi connectivity index (χ2v) is 11.1. The van der Waals surface area contributed by atoms with Crippen molar-refractivity contribution in [3.63, 3.8) is 0 Å². The van der Waals surface area contributed by atoms with Gasteiger partial charge in [0, 0.05) is 23.1 Å². The van der Waals surface area contributed by atoms with E-state index in [0.29, 0.717) is 6.61 Å². The predicted octanol–water partition coefficient (Wildman–Crippen LogP) is 5.52. The molecule has 32 heavy (non-hydrogen) atoms. The third-order valence-corrected chi connectivity index (χ3v) is 7.89. The van der Waals surface area contributed by atoms with E-state index in [1.807, 2.05) is 38.1 Å². The smallest absolute Gasteiger partial charge is 0.237 e. The zero-order valence-corrected chi connectivity index (χ0v) is 20.1. The first-order chi connectivity index (χ1) is 15.3. The zero-order chi connectivity index (χ0) is 22.5. The van der Waals surface area contributed by atoms with Crippen LogP contribution >= 0.6 is 23.1 Å². The first-order valence-corrected chi connectivity index (χ1v) is 12.2. The number of fused-ring (bicyclic) bond motifs is 4. The van der Waals surface area contributed by atoms with Crippen LogP contribution in [0.3, 0.4) is 0 Å². The minimum Gasteiger partial charge on any atom is -0.370 e. The van der Waals surface area contributed by atoms with Crippen LogP contribution in [0.4, 0.5) is 5.69 Å². The van der Waals surface area contributed by atoms with E-state index in [-0.39, 0.29) is 16.8 Å². The number of rotatable bonds is 4. The molecular weight excluding hydrogens is 440 g/mol. The summed E-state index contributed by atoms with van der Waals surface area (Å²) in [5, 5.41) is 4.50. The number of benzene rings is 1. The number of aromatic nitrogens is 3. The van der Waals surface area contributed by atoms with Crippen LogP contribution in [0.25, 0.3) is 20.4 Å². The summed E-state index contributed by atoms with van der Waals surface area (Å²) in [7, 11) is 0. The van der Waals surface area contributed by atoms with Crippen LogP contribution in [0.15, 0.2) is 41.7 Å². The molecule has 0 unspecified atom stereocenters. The van der Waals surface area contributed by atoms with Crippen molar-refractivity contribution in [2.75, 3.05) is 5.32 Å². The van der Waals surface area contributed by atoms with Crippen molar-refractivity contribution < 1.29 is 9.53 Å². The van der Waals surface area contributed by atoms with Gasteiger partial charge >= 0.3 is 0 Å². The molecule has 1 aliphatic rings. The van der Waals surface area contributed by atoms with Crippen LogP contribution in [0, 0.1) is 6.92 Å². The summed E-state index contributed by atoms with van der Waals surface area (Å²) in [6.45, 7) is 8.66. The van der Waals surface area contributed by atoms with Gasteiger partial charge < -0.3 is 10.1 Å². The predicted molar refractivity (Wildman–Crippen MR) is 130 cm³/mol. The van der Waals surface area contributed by atoms with E-state index < -0.39 is 0 Å². The fourth-order valence-electron chi connectivity index (χ4n) is 3.75. The second-order valence-electron chi connectivity index (χ2n) is 8.75. The number of carbonyl (C=O) groups is 1.